The molecular weight excluding hydrogens is 397 g/mol. The van der Waals surface area contributed by atoms with E-state index < -0.39 is 0 Å². The maximum absolute atomic E-state index is 13.4. The van der Waals surface area contributed by atoms with Crippen molar-refractivity contribution in [3.05, 3.63) is 54.0 Å². The Bertz CT molecular complexity index is 1220. The van der Waals surface area contributed by atoms with Crippen molar-refractivity contribution in [1.82, 2.24) is 19.7 Å². The van der Waals surface area contributed by atoms with Crippen molar-refractivity contribution in [3.63, 3.8) is 0 Å². The topological polar surface area (TPSA) is 74.1 Å². The van der Waals surface area contributed by atoms with Crippen molar-refractivity contribution >= 4 is 22.5 Å². The molecule has 0 radical (unpaired) electrons. The number of methoxy groups -OCH3 is 2. The van der Waals surface area contributed by atoms with Crippen LogP contribution in [0, 0.1) is 5.82 Å². The smallest absolute Gasteiger partial charge is 0.162 e. The first kappa shape index (κ1) is 20.6. The van der Waals surface area contributed by atoms with Crippen LogP contribution in [0.3, 0.4) is 0 Å². The van der Waals surface area contributed by atoms with E-state index in [1.807, 2.05) is 25.2 Å². The van der Waals surface area contributed by atoms with Gasteiger partial charge in [0.1, 0.15) is 16.9 Å². The number of aryl methyl sites for hydroxylation is 2. The molecule has 4 aromatic rings. The number of ether oxygens (including phenoxy) is 2. The van der Waals surface area contributed by atoms with E-state index in [2.05, 4.69) is 17.3 Å². The van der Waals surface area contributed by atoms with Crippen molar-refractivity contribution < 1.29 is 13.9 Å². The molecule has 1 N–H and O–H groups in total. The fourth-order valence-electron chi connectivity index (χ4n) is 3.51. The van der Waals surface area contributed by atoms with Crippen molar-refractivity contribution in [3.8, 4) is 22.9 Å². The molecule has 0 amide bonds. The molecule has 0 saturated heterocycles. The summed E-state index contributed by atoms with van der Waals surface area (Å²) in [4.78, 5) is 9.53. The molecule has 0 aliphatic heterocycles. The predicted octanol–water partition coefficient (Wildman–Crippen LogP) is 4.88. The van der Waals surface area contributed by atoms with Crippen LogP contribution in [0.15, 0.2) is 42.5 Å². The Morgan fingerprint density at radius 3 is 2.42 bits per heavy atom. The van der Waals surface area contributed by atoms with Crippen molar-refractivity contribution in [2.24, 2.45) is 7.05 Å². The minimum atomic E-state index is -0.304. The lowest BCUT2D eigenvalue weighted by Crippen LogP contribution is -2.02. The maximum Gasteiger partial charge on any atom is 0.162 e. The first-order chi connectivity index (χ1) is 15.0. The fourth-order valence-corrected chi connectivity index (χ4v) is 3.51. The Hall–Kier alpha value is -3.68. The van der Waals surface area contributed by atoms with Gasteiger partial charge in [0.25, 0.3) is 0 Å². The first-order valence-corrected chi connectivity index (χ1v) is 10.0. The third-order valence-corrected chi connectivity index (χ3v) is 4.99. The van der Waals surface area contributed by atoms with Crippen LogP contribution >= 0.6 is 0 Å². The van der Waals surface area contributed by atoms with Crippen LogP contribution in [0.1, 0.15) is 19.0 Å². The van der Waals surface area contributed by atoms with Crippen LogP contribution in [0.5, 0.6) is 11.5 Å². The summed E-state index contributed by atoms with van der Waals surface area (Å²) in [5, 5.41) is 8.03. The number of hydrogen-bond acceptors (Lipinski definition) is 6. The number of halogens is 1. The lowest BCUT2D eigenvalue weighted by molar-refractivity contribution is 0.355. The van der Waals surface area contributed by atoms with Crippen LogP contribution in [-0.2, 0) is 13.5 Å². The Morgan fingerprint density at radius 2 is 1.74 bits per heavy atom. The molecule has 0 fully saturated rings. The van der Waals surface area contributed by atoms with Crippen molar-refractivity contribution in [1.29, 1.82) is 0 Å². The molecule has 4 rings (SSSR count). The molecule has 0 atom stereocenters. The van der Waals surface area contributed by atoms with Gasteiger partial charge in [0.15, 0.2) is 23.1 Å². The normalized spacial score (nSPS) is 11.0. The van der Waals surface area contributed by atoms with Gasteiger partial charge in [0.05, 0.1) is 19.9 Å². The van der Waals surface area contributed by atoms with Crippen LogP contribution in [0.25, 0.3) is 22.4 Å². The van der Waals surface area contributed by atoms with Gasteiger partial charge in [0, 0.05) is 24.4 Å². The van der Waals surface area contributed by atoms with Gasteiger partial charge < -0.3 is 14.8 Å². The SMILES string of the molecule is CCCc1nn(C)c2c(Nc3ccc(OC)c(OC)c3)nc(-c3ccc(F)cc3)nc12. The molecule has 2 aromatic carbocycles. The number of rotatable bonds is 7. The molecule has 0 unspecified atom stereocenters. The third kappa shape index (κ3) is 4.01. The molecule has 160 valence electrons. The van der Waals surface area contributed by atoms with Gasteiger partial charge >= 0.3 is 0 Å². The summed E-state index contributed by atoms with van der Waals surface area (Å²) in [6.07, 6.45) is 1.74. The summed E-state index contributed by atoms with van der Waals surface area (Å²) >= 11 is 0. The number of nitrogens with one attached hydrogen (secondary N) is 1. The van der Waals surface area contributed by atoms with Gasteiger partial charge in [-0.2, -0.15) is 5.10 Å². The van der Waals surface area contributed by atoms with E-state index in [1.165, 1.54) is 12.1 Å². The monoisotopic (exact) mass is 421 g/mol. The highest BCUT2D eigenvalue weighted by atomic mass is 19.1. The Balaban J connectivity index is 1.87. The Labute approximate surface area is 179 Å². The standard InChI is InChI=1S/C23H24FN5O2/c1-5-6-17-20-21(29(2)28-17)23(25-16-11-12-18(30-3)19(13-16)31-4)27-22(26-20)14-7-9-15(24)10-8-14/h7-13H,5-6H2,1-4H3,(H,25,26,27). The molecule has 0 spiro atoms. The molecule has 31 heavy (non-hydrogen) atoms. The van der Waals surface area contributed by atoms with Crippen molar-refractivity contribution in [2.75, 3.05) is 19.5 Å². The minimum absolute atomic E-state index is 0.304. The molecular formula is C23H24FN5O2. The molecule has 2 aromatic heterocycles. The second-order valence-electron chi connectivity index (χ2n) is 7.11. The summed E-state index contributed by atoms with van der Waals surface area (Å²) in [6.45, 7) is 2.10. The second kappa shape index (κ2) is 8.59. The number of fused-ring (bicyclic) bond motifs is 1. The van der Waals surface area contributed by atoms with Crippen molar-refractivity contribution in [2.45, 2.75) is 19.8 Å². The summed E-state index contributed by atoms with van der Waals surface area (Å²) in [5.41, 5.74) is 3.98. The predicted molar refractivity (Wildman–Crippen MR) is 119 cm³/mol. The molecule has 0 saturated carbocycles. The van der Waals surface area contributed by atoms with Gasteiger partial charge in [-0.25, -0.2) is 14.4 Å². The molecule has 0 aliphatic carbocycles. The Kier molecular flexibility index (Phi) is 5.70. The van der Waals surface area contributed by atoms with Crippen LogP contribution in [0.4, 0.5) is 15.9 Å². The zero-order chi connectivity index (χ0) is 22.0. The molecule has 8 heteroatoms. The van der Waals surface area contributed by atoms with Gasteiger partial charge in [-0.15, -0.1) is 0 Å². The molecule has 7 nitrogen and oxygen atoms in total. The fraction of sp³-hybridized carbons (Fsp3) is 0.261. The van der Waals surface area contributed by atoms with Gasteiger partial charge in [-0.1, -0.05) is 13.3 Å². The summed E-state index contributed by atoms with van der Waals surface area (Å²) < 4.78 is 26.0. The number of aromatic nitrogens is 4. The van der Waals surface area contributed by atoms with E-state index in [9.17, 15) is 4.39 Å². The highest BCUT2D eigenvalue weighted by molar-refractivity contribution is 5.91. The van der Waals surface area contributed by atoms with Crippen LogP contribution in [0.2, 0.25) is 0 Å². The minimum Gasteiger partial charge on any atom is -0.493 e. The van der Waals surface area contributed by atoms with Gasteiger partial charge in [-0.05, 0) is 42.8 Å². The maximum atomic E-state index is 13.4. The van der Waals surface area contributed by atoms with Gasteiger partial charge in [-0.3, -0.25) is 4.68 Å². The highest BCUT2D eigenvalue weighted by Crippen LogP contribution is 2.33. The van der Waals surface area contributed by atoms with E-state index in [0.29, 0.717) is 23.1 Å². The number of nitrogens with zero attached hydrogens (tertiary/aromatic N) is 4. The molecule has 0 aliphatic rings. The molecule has 0 bridgehead atoms. The summed E-state index contributed by atoms with van der Waals surface area (Å²) in [6, 6.07) is 11.7. The van der Waals surface area contributed by atoms with E-state index in [-0.39, 0.29) is 5.82 Å². The third-order valence-electron chi connectivity index (χ3n) is 4.99. The average Bonchev–Trinajstić information content (AvgIpc) is 3.10. The van der Waals surface area contributed by atoms with E-state index in [0.717, 1.165) is 40.8 Å². The second-order valence-corrected chi connectivity index (χ2v) is 7.11. The van der Waals surface area contributed by atoms with E-state index in [1.54, 1.807) is 31.0 Å². The lowest BCUT2D eigenvalue weighted by Gasteiger charge is -2.13. The number of anilines is 2. The van der Waals surface area contributed by atoms with Gasteiger partial charge in [0.2, 0.25) is 0 Å². The zero-order valence-electron chi connectivity index (χ0n) is 17.9. The van der Waals surface area contributed by atoms with Crippen LogP contribution in [-0.4, -0.2) is 34.0 Å². The van der Waals surface area contributed by atoms with Crippen LogP contribution < -0.4 is 14.8 Å². The average molecular weight is 421 g/mol. The largest absolute Gasteiger partial charge is 0.493 e. The summed E-state index contributed by atoms with van der Waals surface area (Å²) in [7, 11) is 5.07. The number of benzene rings is 2. The number of hydrogen-bond donors (Lipinski definition) is 1. The quantitative estimate of drug-likeness (QED) is 0.458. The Morgan fingerprint density at radius 1 is 1.00 bits per heavy atom. The summed E-state index contributed by atoms with van der Waals surface area (Å²) in [5.74, 6) is 2.04. The first-order valence-electron chi connectivity index (χ1n) is 10.0. The lowest BCUT2D eigenvalue weighted by atomic mass is 10.2. The van der Waals surface area contributed by atoms with E-state index in [4.69, 9.17) is 19.4 Å². The highest BCUT2D eigenvalue weighted by Gasteiger charge is 2.18. The van der Waals surface area contributed by atoms with E-state index >= 15 is 0 Å². The zero-order valence-corrected chi connectivity index (χ0v) is 17.9. The molecule has 2 heterocycles.